The Morgan fingerprint density at radius 2 is 1.62 bits per heavy atom. The highest BCUT2D eigenvalue weighted by Crippen LogP contribution is 2.27. The molecule has 3 aromatic carbocycles. The van der Waals surface area contributed by atoms with E-state index >= 15 is 0 Å². The van der Waals surface area contributed by atoms with Gasteiger partial charge >= 0.3 is 0 Å². The maximum atomic E-state index is 10.9. The van der Waals surface area contributed by atoms with E-state index < -0.39 is 4.92 Å². The molecule has 1 heterocycles. The van der Waals surface area contributed by atoms with Crippen LogP contribution in [0.1, 0.15) is 10.6 Å². The lowest BCUT2D eigenvalue weighted by molar-refractivity contribution is -0.384. The lowest BCUT2D eigenvalue weighted by atomic mass is 10.0. The van der Waals surface area contributed by atoms with E-state index in [2.05, 4.69) is 41.4 Å². The molecule has 0 unspecified atom stereocenters. The van der Waals surface area contributed by atoms with Crippen molar-refractivity contribution in [2.75, 3.05) is 0 Å². The molecule has 0 bridgehead atoms. The van der Waals surface area contributed by atoms with Crippen molar-refractivity contribution in [3.8, 4) is 11.1 Å². The summed E-state index contributed by atoms with van der Waals surface area (Å²) in [5, 5.41) is 11.7. The molecule has 0 fully saturated rings. The van der Waals surface area contributed by atoms with Crippen LogP contribution in [0.4, 0.5) is 5.69 Å². The molecule has 4 aromatic rings. The number of non-ortho nitro benzene ring substituents is 1. The average molecular weight is 358 g/mol. The van der Waals surface area contributed by atoms with Crippen molar-refractivity contribution in [2.24, 2.45) is 0 Å². The first-order valence-electron chi connectivity index (χ1n) is 8.07. The van der Waals surface area contributed by atoms with Crippen molar-refractivity contribution in [2.45, 2.75) is 0 Å². The summed E-state index contributed by atoms with van der Waals surface area (Å²) >= 11 is 1.52. The number of nitro groups is 1. The highest BCUT2D eigenvalue weighted by molar-refractivity contribution is 7.19. The third-order valence-electron chi connectivity index (χ3n) is 4.03. The number of nitro benzene ring substituents is 1. The first-order valence-corrected chi connectivity index (χ1v) is 8.89. The van der Waals surface area contributed by atoms with Crippen molar-refractivity contribution in [3.05, 3.63) is 93.5 Å². The summed E-state index contributed by atoms with van der Waals surface area (Å²) in [4.78, 5) is 14.9. The Morgan fingerprint density at radius 3 is 2.35 bits per heavy atom. The Morgan fingerprint density at radius 1 is 0.885 bits per heavy atom. The molecule has 26 heavy (non-hydrogen) atoms. The molecule has 0 amide bonds. The minimum absolute atomic E-state index is 0.0647. The number of rotatable bonds is 4. The fraction of sp³-hybridized carbons (Fsp3) is 0. The molecule has 1 aromatic heterocycles. The molecular formula is C21H14N2O2S. The van der Waals surface area contributed by atoms with Gasteiger partial charge in [0.15, 0.2) is 0 Å². The van der Waals surface area contributed by atoms with Crippen molar-refractivity contribution in [1.82, 2.24) is 4.98 Å². The fourth-order valence-corrected chi connectivity index (χ4v) is 3.55. The number of benzene rings is 3. The zero-order valence-electron chi connectivity index (χ0n) is 13.7. The molecule has 0 N–H and O–H groups in total. The van der Waals surface area contributed by atoms with Gasteiger partial charge in [0.2, 0.25) is 0 Å². The molecule has 4 nitrogen and oxygen atoms in total. The molecule has 4 rings (SSSR count). The third-order valence-corrected chi connectivity index (χ3v) is 5.04. The Kier molecular flexibility index (Phi) is 4.29. The molecule has 0 saturated carbocycles. The lowest BCUT2D eigenvalue weighted by Gasteiger charge is -2.01. The van der Waals surface area contributed by atoms with Crippen LogP contribution in [0.15, 0.2) is 72.8 Å². The van der Waals surface area contributed by atoms with Crippen LogP contribution in [0.3, 0.4) is 0 Å². The maximum Gasteiger partial charge on any atom is 0.271 e. The van der Waals surface area contributed by atoms with Crippen LogP contribution in [0.25, 0.3) is 33.5 Å². The van der Waals surface area contributed by atoms with Crippen LogP contribution in [0.2, 0.25) is 0 Å². The van der Waals surface area contributed by atoms with E-state index in [4.69, 9.17) is 0 Å². The van der Waals surface area contributed by atoms with Gasteiger partial charge in [0, 0.05) is 12.1 Å². The van der Waals surface area contributed by atoms with Gasteiger partial charge < -0.3 is 0 Å². The van der Waals surface area contributed by atoms with Gasteiger partial charge in [0.1, 0.15) is 5.01 Å². The van der Waals surface area contributed by atoms with E-state index in [9.17, 15) is 10.1 Å². The van der Waals surface area contributed by atoms with Crippen LogP contribution < -0.4 is 0 Å². The van der Waals surface area contributed by atoms with Gasteiger partial charge in [-0.2, -0.15) is 0 Å². The molecular weight excluding hydrogens is 344 g/mol. The molecule has 0 aliphatic rings. The topological polar surface area (TPSA) is 56.0 Å². The third kappa shape index (κ3) is 3.38. The van der Waals surface area contributed by atoms with E-state index in [0.29, 0.717) is 5.52 Å². The summed E-state index contributed by atoms with van der Waals surface area (Å²) in [6.45, 7) is 0. The number of nitrogens with zero attached hydrogens (tertiary/aromatic N) is 2. The average Bonchev–Trinajstić information content (AvgIpc) is 3.09. The summed E-state index contributed by atoms with van der Waals surface area (Å²) in [5.74, 6) is 0. The summed E-state index contributed by atoms with van der Waals surface area (Å²) in [7, 11) is 0. The summed E-state index contributed by atoms with van der Waals surface area (Å²) in [6.07, 6.45) is 3.94. The predicted octanol–water partition coefficient (Wildman–Crippen LogP) is 6.04. The first-order chi connectivity index (χ1) is 12.7. The van der Waals surface area contributed by atoms with E-state index in [0.717, 1.165) is 15.3 Å². The zero-order valence-corrected chi connectivity index (χ0v) is 14.5. The van der Waals surface area contributed by atoms with Gasteiger partial charge in [-0.25, -0.2) is 4.98 Å². The Balaban J connectivity index is 1.56. The second-order valence-corrected chi connectivity index (χ2v) is 6.84. The number of thiazole rings is 1. The highest BCUT2D eigenvalue weighted by Gasteiger charge is 2.09. The van der Waals surface area contributed by atoms with Gasteiger partial charge in [-0.3, -0.25) is 10.1 Å². The summed E-state index contributed by atoms with van der Waals surface area (Å²) in [5.41, 5.74) is 4.17. The monoisotopic (exact) mass is 358 g/mol. The van der Waals surface area contributed by atoms with Crippen molar-refractivity contribution in [1.29, 1.82) is 0 Å². The quantitative estimate of drug-likeness (QED) is 0.330. The van der Waals surface area contributed by atoms with Gasteiger partial charge in [0.25, 0.3) is 5.69 Å². The van der Waals surface area contributed by atoms with Crippen molar-refractivity contribution >= 4 is 39.4 Å². The number of aromatic nitrogens is 1. The molecule has 0 radical (unpaired) electrons. The van der Waals surface area contributed by atoms with Crippen LogP contribution in [-0.4, -0.2) is 9.91 Å². The summed E-state index contributed by atoms with van der Waals surface area (Å²) < 4.78 is 0.940. The number of hydrogen-bond acceptors (Lipinski definition) is 4. The zero-order chi connectivity index (χ0) is 17.9. The molecule has 0 saturated heterocycles. The van der Waals surface area contributed by atoms with E-state index in [1.807, 2.05) is 30.4 Å². The van der Waals surface area contributed by atoms with Crippen LogP contribution >= 0.6 is 11.3 Å². The van der Waals surface area contributed by atoms with Crippen LogP contribution in [0, 0.1) is 10.1 Å². The fourth-order valence-electron chi connectivity index (χ4n) is 2.70. The highest BCUT2D eigenvalue weighted by atomic mass is 32.1. The van der Waals surface area contributed by atoms with E-state index in [1.54, 1.807) is 6.07 Å². The normalized spacial score (nSPS) is 11.2. The smallest absolute Gasteiger partial charge is 0.258 e. The molecule has 5 heteroatoms. The first kappa shape index (κ1) is 16.2. The van der Waals surface area contributed by atoms with Gasteiger partial charge in [-0.15, -0.1) is 11.3 Å². The second-order valence-electron chi connectivity index (χ2n) is 5.78. The Hall–Kier alpha value is -3.31. The minimum atomic E-state index is -0.400. The van der Waals surface area contributed by atoms with Crippen LogP contribution in [-0.2, 0) is 0 Å². The second kappa shape index (κ2) is 6.90. The number of hydrogen-bond donors (Lipinski definition) is 0. The number of fused-ring (bicyclic) bond motifs is 1. The van der Waals surface area contributed by atoms with Crippen LogP contribution in [0.5, 0.6) is 0 Å². The van der Waals surface area contributed by atoms with E-state index in [1.165, 1.54) is 34.6 Å². The van der Waals surface area contributed by atoms with E-state index in [-0.39, 0.29) is 5.69 Å². The SMILES string of the molecule is O=[N+]([O-])c1ccc2sc(C=Cc3ccc(-c4ccccc4)cc3)nc2c1. The van der Waals surface area contributed by atoms with Gasteiger partial charge in [-0.05, 0) is 28.8 Å². The molecule has 0 atom stereocenters. The van der Waals surface area contributed by atoms with Gasteiger partial charge in [-0.1, -0.05) is 60.7 Å². The Bertz CT molecular complexity index is 1100. The minimum Gasteiger partial charge on any atom is -0.258 e. The van der Waals surface area contributed by atoms with Crippen molar-refractivity contribution < 1.29 is 4.92 Å². The largest absolute Gasteiger partial charge is 0.271 e. The van der Waals surface area contributed by atoms with Crippen molar-refractivity contribution in [3.63, 3.8) is 0 Å². The molecule has 0 aliphatic heterocycles. The molecule has 0 aliphatic carbocycles. The lowest BCUT2D eigenvalue weighted by Crippen LogP contribution is -1.86. The molecule has 0 spiro atoms. The Labute approximate surface area is 154 Å². The standard InChI is InChI=1S/C21H14N2O2S/c24-23(25)18-11-12-20-19(14-18)22-21(26-20)13-8-15-6-9-17(10-7-15)16-4-2-1-3-5-16/h1-14H. The maximum absolute atomic E-state index is 10.9. The predicted molar refractivity (Wildman–Crippen MR) is 107 cm³/mol. The van der Waals surface area contributed by atoms with Gasteiger partial charge in [0.05, 0.1) is 15.1 Å². The summed E-state index contributed by atoms with van der Waals surface area (Å²) in [6, 6.07) is 23.3. The molecule has 126 valence electrons.